The van der Waals surface area contributed by atoms with Gasteiger partial charge >= 0.3 is 6.18 Å². The van der Waals surface area contributed by atoms with E-state index < -0.39 is 11.7 Å². The Bertz CT molecular complexity index is 1260. The van der Waals surface area contributed by atoms with Crippen molar-refractivity contribution in [2.75, 3.05) is 6.54 Å². The Labute approximate surface area is 179 Å². The van der Waals surface area contributed by atoms with Gasteiger partial charge in [0, 0.05) is 24.8 Å². The van der Waals surface area contributed by atoms with Crippen LogP contribution < -0.4 is 0 Å². The van der Waals surface area contributed by atoms with Gasteiger partial charge in [0.05, 0.1) is 17.8 Å². The van der Waals surface area contributed by atoms with Gasteiger partial charge < -0.3 is 9.47 Å². The first-order chi connectivity index (χ1) is 15.4. The number of carbonyl (C=O) groups excluding carboxylic acids is 1. The van der Waals surface area contributed by atoms with E-state index in [1.54, 1.807) is 11.1 Å². The third kappa shape index (κ3) is 3.61. The van der Waals surface area contributed by atoms with Crippen molar-refractivity contribution in [2.45, 2.75) is 19.3 Å². The summed E-state index contributed by atoms with van der Waals surface area (Å²) in [4.78, 5) is 18.9. The summed E-state index contributed by atoms with van der Waals surface area (Å²) in [5.74, 6) is 1.02. The highest BCUT2D eigenvalue weighted by atomic mass is 19.4. The molecule has 0 atom stereocenters. The predicted octanol–water partition coefficient (Wildman–Crippen LogP) is 3.41. The Morgan fingerprint density at radius 2 is 1.81 bits per heavy atom. The van der Waals surface area contributed by atoms with Crippen molar-refractivity contribution in [3.8, 4) is 22.8 Å². The van der Waals surface area contributed by atoms with Gasteiger partial charge in [0.25, 0.3) is 5.91 Å². The molecular weight excluding hydrogens is 423 g/mol. The highest BCUT2D eigenvalue weighted by molar-refractivity contribution is 5.93. The lowest BCUT2D eigenvalue weighted by Crippen LogP contribution is -2.38. The van der Waals surface area contributed by atoms with Crippen molar-refractivity contribution in [1.29, 1.82) is 0 Å². The second-order valence-electron chi connectivity index (χ2n) is 7.28. The van der Waals surface area contributed by atoms with Crippen LogP contribution in [0.2, 0.25) is 0 Å². The maximum Gasteiger partial charge on any atom is 0.416 e. The number of pyridine rings is 1. The van der Waals surface area contributed by atoms with Crippen LogP contribution >= 0.6 is 0 Å². The normalized spacial score (nSPS) is 13.8. The SMILES string of the molecule is O=C(c1cc(-c2ccc(C(F)(F)F)cc2)n[nH]1)N1CCn2c(nnc2-c2ccccn2)C1. The fourth-order valence-electron chi connectivity index (χ4n) is 3.60. The molecule has 0 spiro atoms. The first-order valence-corrected chi connectivity index (χ1v) is 9.76. The standard InChI is InChI=1S/C21H16F3N7O/c22-21(23,24)14-6-4-13(5-7-14)16-11-17(27-26-16)20(32)30-9-10-31-18(12-30)28-29-19(31)15-3-1-2-8-25-15/h1-8,11H,9-10,12H2,(H,26,27). The van der Waals surface area contributed by atoms with Crippen LogP contribution in [-0.4, -0.2) is 47.3 Å². The fourth-order valence-corrected chi connectivity index (χ4v) is 3.60. The molecule has 4 aromatic rings. The Kier molecular flexibility index (Phi) is 4.72. The van der Waals surface area contributed by atoms with E-state index in [1.165, 1.54) is 18.2 Å². The number of carbonyl (C=O) groups is 1. The number of hydrogen-bond acceptors (Lipinski definition) is 5. The Balaban J connectivity index is 1.32. The lowest BCUT2D eigenvalue weighted by atomic mass is 10.1. The zero-order chi connectivity index (χ0) is 22.3. The summed E-state index contributed by atoms with van der Waals surface area (Å²) in [6, 6.07) is 11.7. The van der Waals surface area contributed by atoms with E-state index in [-0.39, 0.29) is 18.1 Å². The van der Waals surface area contributed by atoms with Crippen LogP contribution in [0.1, 0.15) is 21.9 Å². The first kappa shape index (κ1) is 19.9. The van der Waals surface area contributed by atoms with Crippen LogP contribution in [0.4, 0.5) is 13.2 Å². The van der Waals surface area contributed by atoms with Crippen LogP contribution in [0.15, 0.2) is 54.7 Å². The van der Waals surface area contributed by atoms with E-state index in [2.05, 4.69) is 25.4 Å². The lowest BCUT2D eigenvalue weighted by Gasteiger charge is -2.27. The number of hydrogen-bond donors (Lipinski definition) is 1. The zero-order valence-corrected chi connectivity index (χ0v) is 16.5. The van der Waals surface area contributed by atoms with Gasteiger partial charge in [-0.15, -0.1) is 10.2 Å². The number of fused-ring (bicyclic) bond motifs is 1. The topological polar surface area (TPSA) is 92.6 Å². The van der Waals surface area contributed by atoms with Crippen LogP contribution in [-0.2, 0) is 19.3 Å². The minimum absolute atomic E-state index is 0.248. The summed E-state index contributed by atoms with van der Waals surface area (Å²) >= 11 is 0. The number of rotatable bonds is 3. The third-order valence-electron chi connectivity index (χ3n) is 5.25. The highest BCUT2D eigenvalue weighted by Gasteiger charge is 2.30. The van der Waals surface area contributed by atoms with E-state index in [0.29, 0.717) is 41.7 Å². The number of H-pyrrole nitrogens is 1. The highest BCUT2D eigenvalue weighted by Crippen LogP contribution is 2.31. The maximum absolute atomic E-state index is 13.0. The summed E-state index contributed by atoms with van der Waals surface area (Å²) in [6.07, 6.45) is -2.72. The summed E-state index contributed by atoms with van der Waals surface area (Å²) in [5.41, 5.74) is 1.08. The number of aromatic nitrogens is 6. The molecule has 1 aliphatic heterocycles. The number of aromatic amines is 1. The number of nitrogens with one attached hydrogen (secondary N) is 1. The average Bonchev–Trinajstić information content (AvgIpc) is 3.46. The smallest absolute Gasteiger partial charge is 0.328 e. The maximum atomic E-state index is 13.0. The van der Waals surface area contributed by atoms with Gasteiger partial charge in [-0.25, -0.2) is 0 Å². The van der Waals surface area contributed by atoms with Crippen LogP contribution in [0.3, 0.4) is 0 Å². The van der Waals surface area contributed by atoms with E-state index in [0.717, 1.165) is 12.1 Å². The second kappa shape index (κ2) is 7.59. The van der Waals surface area contributed by atoms with Gasteiger partial charge in [-0.2, -0.15) is 18.3 Å². The molecule has 1 N–H and O–H groups in total. The van der Waals surface area contributed by atoms with Crippen molar-refractivity contribution in [2.24, 2.45) is 0 Å². The molecule has 0 saturated heterocycles. The summed E-state index contributed by atoms with van der Waals surface area (Å²) < 4.78 is 40.2. The molecule has 0 radical (unpaired) electrons. The molecule has 0 fully saturated rings. The van der Waals surface area contributed by atoms with Crippen LogP contribution in [0, 0.1) is 0 Å². The molecule has 0 saturated carbocycles. The van der Waals surface area contributed by atoms with Crippen molar-refractivity contribution in [3.05, 3.63) is 71.8 Å². The van der Waals surface area contributed by atoms with Gasteiger partial charge in [0.1, 0.15) is 11.4 Å². The number of alkyl halides is 3. The Hall–Kier alpha value is -4.02. The fraction of sp³-hybridized carbons (Fsp3) is 0.190. The molecule has 162 valence electrons. The zero-order valence-electron chi connectivity index (χ0n) is 16.5. The molecule has 1 amide bonds. The summed E-state index contributed by atoms with van der Waals surface area (Å²) in [7, 11) is 0. The molecule has 8 nitrogen and oxygen atoms in total. The molecule has 5 rings (SSSR count). The molecule has 3 aromatic heterocycles. The Morgan fingerprint density at radius 3 is 2.53 bits per heavy atom. The molecule has 11 heteroatoms. The molecule has 1 aromatic carbocycles. The predicted molar refractivity (Wildman–Crippen MR) is 107 cm³/mol. The second-order valence-corrected chi connectivity index (χ2v) is 7.28. The lowest BCUT2D eigenvalue weighted by molar-refractivity contribution is -0.137. The van der Waals surface area contributed by atoms with Crippen molar-refractivity contribution >= 4 is 5.91 Å². The van der Waals surface area contributed by atoms with E-state index in [9.17, 15) is 18.0 Å². The average molecular weight is 439 g/mol. The molecule has 32 heavy (non-hydrogen) atoms. The monoisotopic (exact) mass is 439 g/mol. The minimum atomic E-state index is -4.41. The molecular formula is C21H16F3N7O. The van der Waals surface area contributed by atoms with E-state index in [4.69, 9.17) is 0 Å². The Morgan fingerprint density at radius 1 is 1.00 bits per heavy atom. The molecule has 0 bridgehead atoms. The van der Waals surface area contributed by atoms with Crippen molar-refractivity contribution < 1.29 is 18.0 Å². The minimum Gasteiger partial charge on any atom is -0.328 e. The first-order valence-electron chi connectivity index (χ1n) is 9.76. The number of halogens is 3. The van der Waals surface area contributed by atoms with Gasteiger partial charge in [-0.3, -0.25) is 14.9 Å². The number of amides is 1. The third-order valence-corrected chi connectivity index (χ3v) is 5.25. The van der Waals surface area contributed by atoms with Crippen LogP contribution in [0.25, 0.3) is 22.8 Å². The molecule has 1 aliphatic rings. The largest absolute Gasteiger partial charge is 0.416 e. The van der Waals surface area contributed by atoms with Crippen molar-refractivity contribution in [3.63, 3.8) is 0 Å². The molecule has 0 unspecified atom stereocenters. The van der Waals surface area contributed by atoms with Gasteiger partial charge in [0.2, 0.25) is 0 Å². The summed E-state index contributed by atoms with van der Waals surface area (Å²) in [5, 5.41) is 15.2. The van der Waals surface area contributed by atoms with Crippen molar-refractivity contribution in [1.82, 2.24) is 34.8 Å². The number of nitrogens with zero attached hydrogens (tertiary/aromatic N) is 6. The molecule has 4 heterocycles. The quantitative estimate of drug-likeness (QED) is 0.528. The van der Waals surface area contributed by atoms with Crippen LogP contribution in [0.5, 0.6) is 0 Å². The van der Waals surface area contributed by atoms with Gasteiger partial charge in [0.15, 0.2) is 11.6 Å². The number of benzene rings is 1. The molecule has 0 aliphatic carbocycles. The van der Waals surface area contributed by atoms with Gasteiger partial charge in [-0.1, -0.05) is 18.2 Å². The van der Waals surface area contributed by atoms with E-state index in [1.807, 2.05) is 22.8 Å². The summed E-state index contributed by atoms with van der Waals surface area (Å²) in [6.45, 7) is 1.23. The van der Waals surface area contributed by atoms with Gasteiger partial charge in [-0.05, 0) is 30.3 Å². The van der Waals surface area contributed by atoms with E-state index >= 15 is 0 Å².